The number of carbonyl (C=O) groups is 7. The molecule has 0 aromatic rings. The fourth-order valence-electron chi connectivity index (χ4n) is 4.20. The van der Waals surface area contributed by atoms with Gasteiger partial charge in [0.15, 0.2) is 6.10 Å². The van der Waals surface area contributed by atoms with E-state index in [1.54, 1.807) is 20.8 Å². The summed E-state index contributed by atoms with van der Waals surface area (Å²) in [6, 6.07) is 0. The molecule has 0 aromatic heterocycles. The summed E-state index contributed by atoms with van der Waals surface area (Å²) in [7, 11) is -4.92. The summed E-state index contributed by atoms with van der Waals surface area (Å²) < 4.78 is 90.6. The van der Waals surface area contributed by atoms with E-state index in [9.17, 15) is 46.5 Å². The van der Waals surface area contributed by atoms with Crippen LogP contribution in [0.3, 0.4) is 0 Å². The van der Waals surface area contributed by atoms with Crippen molar-refractivity contribution in [1.82, 2.24) is 16.0 Å². The molecule has 1 aliphatic heterocycles. The number of rotatable bonds is 38. The van der Waals surface area contributed by atoms with Gasteiger partial charge in [0, 0.05) is 43.4 Å². The fourth-order valence-corrected chi connectivity index (χ4v) is 4.52. The zero-order valence-corrected chi connectivity index (χ0v) is 55.7. The quantitative estimate of drug-likeness (QED) is 0.00900. The molecule has 3 N–H and O–H groups in total. The molecule has 0 spiro atoms. The van der Waals surface area contributed by atoms with Crippen LogP contribution < -0.4 is 67.3 Å². The number of alkyl carbamates (subject to hydrolysis) is 3. The van der Waals surface area contributed by atoms with Gasteiger partial charge in [0.05, 0.1) is 51.5 Å². The molecule has 1 aliphatic rings. The number of ether oxygens (including phenoxy) is 11. The van der Waals surface area contributed by atoms with E-state index in [-0.39, 0.29) is 123 Å². The minimum Gasteiger partial charge on any atom is -0.726 e. The molecule has 28 heteroatoms. The maximum atomic E-state index is 11.8. The number of esters is 4. The maximum Gasteiger partial charge on any atom is 1.00 e. The van der Waals surface area contributed by atoms with E-state index in [4.69, 9.17) is 49.5 Å². The summed E-state index contributed by atoms with van der Waals surface area (Å²) in [5, 5.41) is 7.50. The van der Waals surface area contributed by atoms with E-state index < -0.39 is 70.8 Å². The van der Waals surface area contributed by atoms with Gasteiger partial charge in [-0.15, -0.1) is 11.6 Å². The molecular formula is C54H97ClKN3O22S. The second-order valence-electron chi connectivity index (χ2n) is 18.6. The monoisotopic (exact) mass is 1250 g/mol. The van der Waals surface area contributed by atoms with E-state index in [0.29, 0.717) is 49.6 Å². The van der Waals surface area contributed by atoms with Crippen LogP contribution in [-0.4, -0.2) is 184 Å². The summed E-state index contributed by atoms with van der Waals surface area (Å²) in [6.07, 6.45) is 4.56. The first-order chi connectivity index (χ1) is 38.1. The van der Waals surface area contributed by atoms with Gasteiger partial charge in [0.1, 0.15) is 51.8 Å². The Morgan fingerprint density at radius 2 is 1.01 bits per heavy atom. The van der Waals surface area contributed by atoms with Crippen LogP contribution in [0, 0.1) is 23.2 Å². The molecule has 25 nitrogen and oxygen atoms in total. The van der Waals surface area contributed by atoms with Crippen LogP contribution in [0.1, 0.15) is 115 Å². The largest absolute Gasteiger partial charge is 1.00 e. The molecule has 7 atom stereocenters. The van der Waals surface area contributed by atoms with Crippen molar-refractivity contribution in [2.75, 3.05) is 106 Å². The van der Waals surface area contributed by atoms with Gasteiger partial charge in [-0.2, -0.15) is 0 Å². The molecule has 7 unspecified atom stereocenters. The summed E-state index contributed by atoms with van der Waals surface area (Å²) >= 11 is 5.46. The third-order valence-corrected chi connectivity index (χ3v) is 11.3. The molecule has 0 aromatic carbocycles. The van der Waals surface area contributed by atoms with Crippen molar-refractivity contribution >= 4 is 64.2 Å². The van der Waals surface area contributed by atoms with Crippen molar-refractivity contribution in [2.45, 2.75) is 139 Å². The summed E-state index contributed by atoms with van der Waals surface area (Å²) in [5.41, 5.74) is -0.559. The van der Waals surface area contributed by atoms with E-state index in [1.807, 2.05) is 27.7 Å². The van der Waals surface area contributed by atoms with E-state index in [1.165, 1.54) is 6.42 Å². The Kier molecular flexibility index (Phi) is 60.3. The Morgan fingerprint density at radius 3 is 1.40 bits per heavy atom. The van der Waals surface area contributed by atoms with Crippen molar-refractivity contribution in [3.05, 3.63) is 38.0 Å². The summed E-state index contributed by atoms with van der Waals surface area (Å²) in [6.45, 7) is 37.0. The molecule has 1 saturated heterocycles. The first-order valence-corrected chi connectivity index (χ1v) is 28.8. The van der Waals surface area contributed by atoms with E-state index in [2.05, 4.69) is 88.7 Å². The average Bonchev–Trinajstić information content (AvgIpc) is 4.27. The van der Waals surface area contributed by atoms with Gasteiger partial charge in [-0.3, -0.25) is 8.98 Å². The van der Waals surface area contributed by atoms with Gasteiger partial charge in [-0.05, 0) is 58.3 Å². The zero-order chi connectivity index (χ0) is 62.7. The molecule has 0 radical (unpaired) electrons. The minimum absolute atomic E-state index is 0. The third kappa shape index (κ3) is 64.1. The molecule has 1 heterocycles. The van der Waals surface area contributed by atoms with Crippen LogP contribution in [0.25, 0.3) is 0 Å². The molecule has 3 amide bonds. The van der Waals surface area contributed by atoms with Crippen molar-refractivity contribution in [2.24, 2.45) is 23.2 Å². The minimum atomic E-state index is -4.92. The number of hydrogen-bond donors (Lipinski definition) is 3. The number of epoxide rings is 1. The second kappa shape index (κ2) is 56.7. The van der Waals surface area contributed by atoms with Crippen molar-refractivity contribution < 1.29 is 154 Å². The average molecular weight is 1250 g/mol. The Hall–Kier alpha value is -3.45. The van der Waals surface area contributed by atoms with E-state index in [0.717, 1.165) is 57.3 Å². The zero-order valence-electron chi connectivity index (χ0n) is 51.0. The van der Waals surface area contributed by atoms with Crippen molar-refractivity contribution in [3.63, 3.8) is 0 Å². The standard InChI is InChI=1S/C15H25NO6.C14H25NO9S.C13H23NO5.C8H16O2.C4H9Cl.K/c1-6-12(17)20-9-8-16-14(19)22-11(3)10-21-13(18)15(4,5)7-2;1-4-11(3)8-21-9-12(10-23-25(18,19)20)24-14(17)15-6-7-22-13(16)5-2;1-4-11(3)10-17-8-9-19-13(16)14-6-7-18-12(15)5-2;1-3-7(2)4-9-5-8-6-10-8;1-3-4(2)5;/h6,11H,1,7-10H2,2-5H3,(H,16,19);5,11-12H,2,4,6-10H2,1,3H3,(H,15,17)(H,18,19,20);5,11H,2,4,6-10H2,1,3H3,(H,14,16);7-8H,3-6H2,1-2H3;4H,3H2,1-2H3;/q;;;;;+1/p-1. The van der Waals surface area contributed by atoms with Crippen molar-refractivity contribution in [3.8, 4) is 0 Å². The Balaban J connectivity index is -0.000000320. The number of carbonyl (C=O) groups excluding carboxylic acids is 7. The maximum absolute atomic E-state index is 11.8. The molecule has 0 bridgehead atoms. The Labute approximate surface area is 535 Å². The SMILES string of the molecule is C=CC(=O)OCCNC(=O)OC(C)COC(=O)C(C)(C)CC.C=CC(=O)OCCNC(=O)OC(COCC(C)CC)COS(=O)(=O)[O-].C=CC(=O)OCCNC(=O)OCCOCC(C)CC.CCC(C)COCC1CO1.CCC(C)Cl.[K+]. The van der Waals surface area contributed by atoms with Crippen LogP contribution in [0.5, 0.6) is 0 Å². The number of nitrogens with one attached hydrogen (secondary N) is 3. The predicted octanol–water partition coefficient (Wildman–Crippen LogP) is 4.14. The number of halogens is 1. The summed E-state index contributed by atoms with van der Waals surface area (Å²) in [4.78, 5) is 78.2. The van der Waals surface area contributed by atoms with Gasteiger partial charge < -0.3 is 72.6 Å². The topological polar surface area (TPSA) is 327 Å². The first-order valence-electron chi connectivity index (χ1n) is 27.0. The summed E-state index contributed by atoms with van der Waals surface area (Å²) in [5.74, 6) is -0.587. The van der Waals surface area contributed by atoms with E-state index >= 15 is 0 Å². The predicted molar refractivity (Wildman–Crippen MR) is 302 cm³/mol. The molecular weight excluding hydrogens is 1150 g/mol. The smallest absolute Gasteiger partial charge is 0.726 e. The fraction of sp³-hybridized carbons (Fsp3) is 0.759. The molecule has 1 fully saturated rings. The Morgan fingerprint density at radius 1 is 0.598 bits per heavy atom. The van der Waals surface area contributed by atoms with Crippen LogP contribution in [-0.2, 0) is 85.9 Å². The molecule has 1 rings (SSSR count). The van der Waals surface area contributed by atoms with Crippen LogP contribution in [0.4, 0.5) is 14.4 Å². The first kappa shape index (κ1) is 87.3. The third-order valence-electron chi connectivity index (χ3n) is 10.5. The number of hydrogen-bond acceptors (Lipinski definition) is 22. The van der Waals surface area contributed by atoms with Crippen LogP contribution >= 0.6 is 11.6 Å². The van der Waals surface area contributed by atoms with Crippen LogP contribution in [0.15, 0.2) is 38.0 Å². The van der Waals surface area contributed by atoms with Gasteiger partial charge in [-0.25, -0.2) is 37.2 Å². The normalized spacial score (nSPS) is 14.1. The number of alkyl halides is 1. The second-order valence-corrected chi connectivity index (χ2v) is 20.4. The van der Waals surface area contributed by atoms with Gasteiger partial charge >= 0.3 is 93.5 Å². The van der Waals surface area contributed by atoms with Gasteiger partial charge in [-0.1, -0.05) is 94.4 Å². The molecule has 0 saturated carbocycles. The number of amides is 3. The molecule has 82 heavy (non-hydrogen) atoms. The Bertz CT molecular complexity index is 1850. The molecule has 0 aliphatic carbocycles. The van der Waals surface area contributed by atoms with Crippen LogP contribution in [0.2, 0.25) is 0 Å². The molecule has 474 valence electrons. The van der Waals surface area contributed by atoms with Gasteiger partial charge in [0.25, 0.3) is 0 Å². The van der Waals surface area contributed by atoms with Crippen molar-refractivity contribution in [1.29, 1.82) is 0 Å². The van der Waals surface area contributed by atoms with Gasteiger partial charge in [0.2, 0.25) is 10.4 Å².